The summed E-state index contributed by atoms with van der Waals surface area (Å²) in [6, 6.07) is 17.4. The van der Waals surface area contributed by atoms with Crippen LogP contribution in [0.1, 0.15) is 54.2 Å². The highest BCUT2D eigenvalue weighted by Crippen LogP contribution is 2.55. The Hall–Kier alpha value is -2.84. The Morgan fingerprint density at radius 1 is 1.10 bits per heavy atom. The maximum Gasteiger partial charge on any atom is 0.253 e. The predicted molar refractivity (Wildman–Crippen MR) is 111 cm³/mol. The van der Waals surface area contributed by atoms with Crippen molar-refractivity contribution in [1.82, 2.24) is 9.80 Å². The molecule has 2 fully saturated rings. The molecule has 1 spiro atoms. The van der Waals surface area contributed by atoms with Gasteiger partial charge in [0.2, 0.25) is 0 Å². The highest BCUT2D eigenvalue weighted by molar-refractivity contribution is 5.94. The minimum absolute atomic E-state index is 0.0468. The van der Waals surface area contributed by atoms with Gasteiger partial charge in [-0.25, -0.2) is 0 Å². The molecule has 0 radical (unpaired) electrons. The number of piperidine rings is 1. The van der Waals surface area contributed by atoms with Gasteiger partial charge in [0, 0.05) is 42.7 Å². The van der Waals surface area contributed by atoms with Crippen LogP contribution in [0.2, 0.25) is 0 Å². The summed E-state index contributed by atoms with van der Waals surface area (Å²) < 4.78 is 0. The monoisotopic (exact) mass is 389 g/mol. The van der Waals surface area contributed by atoms with E-state index in [-0.39, 0.29) is 11.3 Å². The topological polar surface area (TPSA) is 67.6 Å². The summed E-state index contributed by atoms with van der Waals surface area (Å²) in [5.41, 5.74) is 2.64. The zero-order chi connectivity index (χ0) is 20.6. The van der Waals surface area contributed by atoms with Crippen molar-refractivity contribution in [3.63, 3.8) is 0 Å². The molecule has 150 valence electrons. The van der Waals surface area contributed by atoms with Crippen LogP contribution in [-0.4, -0.2) is 46.5 Å². The van der Waals surface area contributed by atoms with Crippen molar-refractivity contribution < 1.29 is 9.90 Å². The Labute approximate surface area is 172 Å². The highest BCUT2D eigenvalue weighted by atomic mass is 16.3. The second-order valence-electron chi connectivity index (χ2n) is 8.60. The van der Waals surface area contributed by atoms with Gasteiger partial charge in [0.15, 0.2) is 0 Å². The molecule has 2 aromatic carbocycles. The number of carbonyl (C=O) groups is 1. The Bertz CT molecular complexity index is 920. The summed E-state index contributed by atoms with van der Waals surface area (Å²) in [5, 5.41) is 18.6. The van der Waals surface area contributed by atoms with Crippen molar-refractivity contribution in [3.05, 3.63) is 65.2 Å². The molecule has 0 aliphatic carbocycles. The van der Waals surface area contributed by atoms with Gasteiger partial charge in [-0.1, -0.05) is 12.1 Å². The van der Waals surface area contributed by atoms with Gasteiger partial charge in [-0.15, -0.1) is 0 Å². The molecule has 5 nitrogen and oxygen atoms in total. The fourth-order valence-corrected chi connectivity index (χ4v) is 4.92. The van der Waals surface area contributed by atoms with Crippen LogP contribution in [0.4, 0.5) is 0 Å². The second kappa shape index (κ2) is 7.53. The smallest absolute Gasteiger partial charge is 0.253 e. The van der Waals surface area contributed by atoms with Crippen LogP contribution >= 0.6 is 0 Å². The normalized spacial score (nSPS) is 21.0. The molecular weight excluding hydrogens is 362 g/mol. The Morgan fingerprint density at radius 3 is 2.28 bits per heavy atom. The van der Waals surface area contributed by atoms with E-state index in [0.717, 1.165) is 32.5 Å². The van der Waals surface area contributed by atoms with Crippen molar-refractivity contribution in [2.24, 2.45) is 5.41 Å². The standard InChI is InChI=1S/C24H27N3O2/c1-17(2)27-16-24(22(27)19-7-9-21(28)10-8-19)11-13-26(14-12-24)23(29)20-5-3-18(15-25)4-6-20/h3-10,17,22,28H,11-14,16H2,1-2H3. The van der Waals surface area contributed by atoms with Crippen LogP contribution < -0.4 is 0 Å². The number of benzene rings is 2. The molecule has 0 aromatic heterocycles. The van der Waals surface area contributed by atoms with E-state index in [0.29, 0.717) is 29.0 Å². The zero-order valence-corrected chi connectivity index (χ0v) is 17.0. The third-order valence-electron chi connectivity index (χ3n) is 6.59. The number of phenolic OH excluding ortho intramolecular Hbond substituents is 1. The molecule has 4 rings (SSSR count). The number of amides is 1. The lowest BCUT2D eigenvalue weighted by molar-refractivity contribution is -0.124. The number of nitrogens with zero attached hydrogens (tertiary/aromatic N) is 3. The SMILES string of the molecule is CC(C)N1CC2(CCN(C(=O)c3ccc(C#N)cc3)CC2)C1c1ccc(O)cc1. The summed E-state index contributed by atoms with van der Waals surface area (Å²) in [6.07, 6.45) is 1.95. The maximum absolute atomic E-state index is 12.9. The molecule has 1 amide bonds. The lowest BCUT2D eigenvalue weighted by Crippen LogP contribution is -2.64. The molecule has 5 heteroatoms. The van der Waals surface area contributed by atoms with Gasteiger partial charge in [0.05, 0.1) is 11.6 Å². The first-order chi connectivity index (χ1) is 13.9. The van der Waals surface area contributed by atoms with Crippen LogP contribution in [0.25, 0.3) is 0 Å². The summed E-state index contributed by atoms with van der Waals surface area (Å²) >= 11 is 0. The molecule has 29 heavy (non-hydrogen) atoms. The Morgan fingerprint density at radius 2 is 1.72 bits per heavy atom. The summed E-state index contributed by atoms with van der Waals surface area (Å²) in [6.45, 7) is 7.00. The molecule has 2 aliphatic heterocycles. The first-order valence-corrected chi connectivity index (χ1v) is 10.3. The highest BCUT2D eigenvalue weighted by Gasteiger charge is 2.54. The van der Waals surface area contributed by atoms with E-state index in [1.165, 1.54) is 5.56 Å². The van der Waals surface area contributed by atoms with E-state index in [2.05, 4.69) is 24.8 Å². The number of rotatable bonds is 3. The first-order valence-electron chi connectivity index (χ1n) is 10.3. The van der Waals surface area contributed by atoms with Crippen molar-refractivity contribution in [2.75, 3.05) is 19.6 Å². The van der Waals surface area contributed by atoms with E-state index >= 15 is 0 Å². The quantitative estimate of drug-likeness (QED) is 0.863. The molecule has 1 atom stereocenters. The third kappa shape index (κ3) is 3.49. The largest absolute Gasteiger partial charge is 0.508 e. The van der Waals surface area contributed by atoms with Crippen molar-refractivity contribution in [3.8, 4) is 11.8 Å². The number of aromatic hydroxyl groups is 1. The van der Waals surface area contributed by atoms with Crippen LogP contribution in [0.5, 0.6) is 5.75 Å². The van der Waals surface area contributed by atoms with Crippen LogP contribution in [0, 0.1) is 16.7 Å². The van der Waals surface area contributed by atoms with E-state index in [9.17, 15) is 9.90 Å². The molecule has 1 N–H and O–H groups in total. The number of phenols is 1. The molecule has 0 bridgehead atoms. The van der Waals surface area contributed by atoms with E-state index in [1.54, 1.807) is 36.4 Å². The fraction of sp³-hybridized carbons (Fsp3) is 0.417. The van der Waals surface area contributed by atoms with Gasteiger partial charge >= 0.3 is 0 Å². The molecule has 2 aliphatic rings. The average molecular weight is 389 g/mol. The summed E-state index contributed by atoms with van der Waals surface area (Å²) in [5.74, 6) is 0.339. The lowest BCUT2D eigenvalue weighted by atomic mass is 9.62. The third-order valence-corrected chi connectivity index (χ3v) is 6.59. The van der Waals surface area contributed by atoms with Crippen LogP contribution in [0.15, 0.2) is 48.5 Å². The van der Waals surface area contributed by atoms with E-state index in [1.807, 2.05) is 17.0 Å². The summed E-state index contributed by atoms with van der Waals surface area (Å²) in [4.78, 5) is 17.3. The Balaban J connectivity index is 1.48. The van der Waals surface area contributed by atoms with Gasteiger partial charge in [0.25, 0.3) is 5.91 Å². The van der Waals surface area contributed by atoms with Crippen LogP contribution in [-0.2, 0) is 0 Å². The minimum Gasteiger partial charge on any atom is -0.508 e. The molecule has 1 unspecified atom stereocenters. The number of nitriles is 1. The molecule has 0 saturated carbocycles. The van der Waals surface area contributed by atoms with Gasteiger partial charge < -0.3 is 10.0 Å². The van der Waals surface area contributed by atoms with Crippen molar-refractivity contribution in [1.29, 1.82) is 5.26 Å². The average Bonchev–Trinajstić information content (AvgIpc) is 2.73. The van der Waals surface area contributed by atoms with Crippen molar-refractivity contribution >= 4 is 5.91 Å². The molecular formula is C24H27N3O2. The number of hydrogen-bond donors (Lipinski definition) is 1. The number of likely N-dealkylation sites (tertiary alicyclic amines) is 2. The van der Waals surface area contributed by atoms with E-state index < -0.39 is 0 Å². The molecule has 2 heterocycles. The molecule has 2 saturated heterocycles. The predicted octanol–water partition coefficient (Wildman–Crippen LogP) is 3.95. The second-order valence-corrected chi connectivity index (χ2v) is 8.60. The number of hydrogen-bond acceptors (Lipinski definition) is 4. The van der Waals surface area contributed by atoms with E-state index in [4.69, 9.17) is 5.26 Å². The fourth-order valence-electron chi connectivity index (χ4n) is 4.92. The van der Waals surface area contributed by atoms with Gasteiger partial charge in [0.1, 0.15) is 5.75 Å². The Kier molecular flexibility index (Phi) is 5.06. The lowest BCUT2D eigenvalue weighted by Gasteiger charge is -2.62. The van der Waals surface area contributed by atoms with Gasteiger partial charge in [-0.3, -0.25) is 9.69 Å². The van der Waals surface area contributed by atoms with Crippen LogP contribution in [0.3, 0.4) is 0 Å². The zero-order valence-electron chi connectivity index (χ0n) is 17.0. The van der Waals surface area contributed by atoms with Gasteiger partial charge in [-0.05, 0) is 68.7 Å². The molecule has 2 aromatic rings. The maximum atomic E-state index is 12.9. The van der Waals surface area contributed by atoms with Crippen molar-refractivity contribution in [2.45, 2.75) is 38.8 Å². The number of carbonyl (C=O) groups excluding carboxylic acids is 1. The first kappa shape index (κ1) is 19.5. The van der Waals surface area contributed by atoms with Gasteiger partial charge in [-0.2, -0.15) is 5.26 Å². The summed E-state index contributed by atoms with van der Waals surface area (Å²) in [7, 11) is 0. The minimum atomic E-state index is 0.0468.